The van der Waals surface area contributed by atoms with E-state index in [4.69, 9.17) is 0 Å². The Morgan fingerprint density at radius 2 is 1.53 bits per heavy atom. The zero-order valence-electron chi connectivity index (χ0n) is 10.1. The lowest BCUT2D eigenvalue weighted by molar-refractivity contribution is 1.41. The molecule has 0 atom stereocenters. The van der Waals surface area contributed by atoms with Crippen LogP contribution < -0.4 is 0 Å². The summed E-state index contributed by atoms with van der Waals surface area (Å²) in [5.41, 5.74) is 8.51. The average molecular weight is 218 g/mol. The summed E-state index contributed by atoms with van der Waals surface area (Å²) in [7, 11) is 0. The van der Waals surface area contributed by atoms with Crippen molar-refractivity contribution in [3.8, 4) is 0 Å². The van der Waals surface area contributed by atoms with Gasteiger partial charge < -0.3 is 0 Å². The van der Waals surface area contributed by atoms with Crippen molar-refractivity contribution in [3.63, 3.8) is 0 Å². The molecule has 0 saturated heterocycles. The Balaban J connectivity index is 2.55. The first-order valence-corrected chi connectivity index (χ1v) is 5.90. The molecule has 17 heavy (non-hydrogen) atoms. The van der Waals surface area contributed by atoms with Crippen molar-refractivity contribution < 1.29 is 0 Å². The lowest BCUT2D eigenvalue weighted by atomic mass is 9.90. The van der Waals surface area contributed by atoms with Crippen LogP contribution in [0.3, 0.4) is 0 Å². The van der Waals surface area contributed by atoms with Crippen molar-refractivity contribution in [3.05, 3.63) is 64.4 Å². The first-order chi connectivity index (χ1) is 8.29. The van der Waals surface area contributed by atoms with Gasteiger partial charge in [-0.15, -0.1) is 5.73 Å². The number of rotatable bonds is 0. The Morgan fingerprint density at radius 1 is 0.882 bits per heavy atom. The molecule has 0 aromatic heterocycles. The second kappa shape index (κ2) is 3.76. The molecule has 0 aliphatic heterocycles. The molecule has 3 rings (SSSR count). The molecular formula is C17H14. The minimum Gasteiger partial charge on any atom is -0.120 e. The number of aryl methyl sites for hydroxylation is 2. The van der Waals surface area contributed by atoms with Gasteiger partial charge in [0.2, 0.25) is 0 Å². The van der Waals surface area contributed by atoms with Crippen LogP contribution in [-0.4, -0.2) is 0 Å². The molecule has 82 valence electrons. The Bertz CT molecular complexity index is 694. The van der Waals surface area contributed by atoms with Gasteiger partial charge in [0.15, 0.2) is 0 Å². The van der Waals surface area contributed by atoms with E-state index in [9.17, 15) is 0 Å². The maximum absolute atomic E-state index is 3.20. The summed E-state index contributed by atoms with van der Waals surface area (Å²) >= 11 is 0. The fourth-order valence-electron chi connectivity index (χ4n) is 2.56. The molecule has 0 heterocycles. The lowest BCUT2D eigenvalue weighted by Crippen LogP contribution is -1.93. The van der Waals surface area contributed by atoms with E-state index in [0.29, 0.717) is 0 Å². The summed E-state index contributed by atoms with van der Waals surface area (Å²) in [4.78, 5) is 0. The Kier molecular flexibility index (Phi) is 2.24. The van der Waals surface area contributed by atoms with E-state index in [1.54, 1.807) is 0 Å². The van der Waals surface area contributed by atoms with Gasteiger partial charge in [-0.3, -0.25) is 0 Å². The van der Waals surface area contributed by atoms with E-state index in [1.807, 2.05) is 6.08 Å². The molecule has 0 bridgehead atoms. The van der Waals surface area contributed by atoms with Gasteiger partial charge in [0, 0.05) is 0 Å². The van der Waals surface area contributed by atoms with Crippen molar-refractivity contribution in [1.82, 2.24) is 0 Å². The van der Waals surface area contributed by atoms with Gasteiger partial charge in [0.25, 0.3) is 0 Å². The lowest BCUT2D eigenvalue weighted by Gasteiger charge is -2.14. The molecular weight excluding hydrogens is 204 g/mol. The van der Waals surface area contributed by atoms with Crippen LogP contribution in [0, 0.1) is 13.8 Å². The van der Waals surface area contributed by atoms with Crippen molar-refractivity contribution in [2.45, 2.75) is 13.8 Å². The number of fused-ring (bicyclic) bond motifs is 2. The van der Waals surface area contributed by atoms with Gasteiger partial charge in [-0.25, -0.2) is 0 Å². The second-order valence-electron chi connectivity index (χ2n) is 4.46. The van der Waals surface area contributed by atoms with Crippen LogP contribution >= 0.6 is 0 Å². The topological polar surface area (TPSA) is 0 Å². The van der Waals surface area contributed by atoms with Crippen molar-refractivity contribution in [1.29, 1.82) is 0 Å². The van der Waals surface area contributed by atoms with Crippen molar-refractivity contribution in [2.24, 2.45) is 0 Å². The normalized spacial score (nSPS) is 12.8. The zero-order valence-corrected chi connectivity index (χ0v) is 10.1. The van der Waals surface area contributed by atoms with Crippen LogP contribution in [0.5, 0.6) is 0 Å². The SMILES string of the molecule is Cc1c2c(c(C)c3ccccc13)C=CC=C=C2. The van der Waals surface area contributed by atoms with E-state index in [0.717, 1.165) is 0 Å². The first kappa shape index (κ1) is 10.1. The molecule has 1 aliphatic carbocycles. The Labute approximate surface area is 102 Å². The molecule has 2 aromatic rings. The maximum atomic E-state index is 3.20. The average Bonchev–Trinajstić information content (AvgIpc) is 2.62. The smallest absolute Gasteiger partial charge is 0.00684 e. The van der Waals surface area contributed by atoms with Crippen LogP contribution in [0.4, 0.5) is 0 Å². The van der Waals surface area contributed by atoms with Crippen LogP contribution in [0.15, 0.2) is 42.1 Å². The van der Waals surface area contributed by atoms with Gasteiger partial charge >= 0.3 is 0 Å². The summed E-state index contributed by atoms with van der Waals surface area (Å²) < 4.78 is 0. The fourth-order valence-corrected chi connectivity index (χ4v) is 2.56. The molecule has 0 spiro atoms. The monoisotopic (exact) mass is 218 g/mol. The molecule has 0 N–H and O–H groups in total. The summed E-state index contributed by atoms with van der Waals surface area (Å²) in [5.74, 6) is 0. The van der Waals surface area contributed by atoms with E-state index < -0.39 is 0 Å². The van der Waals surface area contributed by atoms with Crippen LogP contribution in [-0.2, 0) is 0 Å². The molecule has 0 nitrogen and oxygen atoms in total. The third-order valence-corrected chi connectivity index (χ3v) is 3.52. The highest BCUT2D eigenvalue weighted by atomic mass is 14.1. The van der Waals surface area contributed by atoms with Crippen LogP contribution in [0.1, 0.15) is 22.3 Å². The molecule has 0 amide bonds. The second-order valence-corrected chi connectivity index (χ2v) is 4.46. The summed E-state index contributed by atoms with van der Waals surface area (Å²) in [6.07, 6.45) is 8.29. The molecule has 1 aliphatic rings. The van der Waals surface area contributed by atoms with Gasteiger partial charge in [0.05, 0.1) is 0 Å². The molecule has 0 unspecified atom stereocenters. The van der Waals surface area contributed by atoms with Gasteiger partial charge in [0.1, 0.15) is 0 Å². The van der Waals surface area contributed by atoms with Crippen LogP contribution in [0.25, 0.3) is 22.9 Å². The number of benzene rings is 2. The van der Waals surface area contributed by atoms with Crippen molar-refractivity contribution >= 4 is 22.9 Å². The highest BCUT2D eigenvalue weighted by molar-refractivity contribution is 5.95. The summed E-state index contributed by atoms with van der Waals surface area (Å²) in [6, 6.07) is 8.61. The number of hydrogen-bond donors (Lipinski definition) is 0. The quantitative estimate of drug-likeness (QED) is 0.564. The number of allylic oxidation sites excluding steroid dienone is 2. The van der Waals surface area contributed by atoms with E-state index >= 15 is 0 Å². The predicted molar refractivity (Wildman–Crippen MR) is 75.0 cm³/mol. The Morgan fingerprint density at radius 3 is 2.24 bits per heavy atom. The first-order valence-electron chi connectivity index (χ1n) is 5.90. The van der Waals surface area contributed by atoms with Gasteiger partial charge in [-0.1, -0.05) is 36.4 Å². The summed E-state index contributed by atoms with van der Waals surface area (Å²) in [6.45, 7) is 4.39. The highest BCUT2D eigenvalue weighted by Gasteiger charge is 2.11. The fraction of sp³-hybridized carbons (Fsp3) is 0.118. The minimum atomic E-state index is 1.30. The molecule has 0 fully saturated rings. The third-order valence-electron chi connectivity index (χ3n) is 3.52. The largest absolute Gasteiger partial charge is 0.120 e. The standard InChI is InChI=1S/C17H14/c1-12-14-8-4-3-5-9-15(14)13(2)17-11-7-6-10-16(12)17/h3-4,6-11H,1-2H3. The maximum Gasteiger partial charge on any atom is -0.00684 e. The van der Waals surface area contributed by atoms with Crippen LogP contribution in [0.2, 0.25) is 0 Å². The molecule has 0 heteroatoms. The van der Waals surface area contributed by atoms with Gasteiger partial charge in [-0.05, 0) is 59.0 Å². The number of hydrogen-bond acceptors (Lipinski definition) is 0. The minimum absolute atomic E-state index is 1.30. The Hall–Kier alpha value is -2.04. The predicted octanol–water partition coefficient (Wildman–Crippen LogP) is 4.65. The van der Waals surface area contributed by atoms with Crippen molar-refractivity contribution in [2.75, 3.05) is 0 Å². The zero-order chi connectivity index (χ0) is 11.8. The van der Waals surface area contributed by atoms with E-state index in [1.165, 1.54) is 33.0 Å². The van der Waals surface area contributed by atoms with E-state index in [-0.39, 0.29) is 0 Å². The molecule has 0 radical (unpaired) electrons. The summed E-state index contributed by atoms with van der Waals surface area (Å²) in [5, 5.41) is 2.70. The molecule has 0 saturated carbocycles. The van der Waals surface area contributed by atoms with E-state index in [2.05, 4.69) is 62.1 Å². The molecule has 2 aromatic carbocycles. The highest BCUT2D eigenvalue weighted by Crippen LogP contribution is 2.32. The third kappa shape index (κ3) is 1.46. The van der Waals surface area contributed by atoms with Gasteiger partial charge in [-0.2, -0.15) is 0 Å².